The molecular weight excluding hydrogens is 369 g/mol. The average Bonchev–Trinajstić information content (AvgIpc) is 2.96. The van der Waals surface area contributed by atoms with E-state index in [-0.39, 0.29) is 36.8 Å². The first kappa shape index (κ1) is 23.2. The van der Waals surface area contributed by atoms with Crippen LogP contribution >= 0.6 is 24.8 Å². The normalized spacial score (nSPS) is 28.7. The number of hydrogen-bond acceptors (Lipinski definition) is 3. The fourth-order valence-corrected chi connectivity index (χ4v) is 4.25. The van der Waals surface area contributed by atoms with Crippen molar-refractivity contribution < 1.29 is 4.79 Å². The number of nitrogens with one attached hydrogen (secondary N) is 1. The van der Waals surface area contributed by atoms with Gasteiger partial charge in [0.15, 0.2) is 0 Å². The van der Waals surface area contributed by atoms with Gasteiger partial charge in [-0.25, -0.2) is 0 Å². The van der Waals surface area contributed by atoms with Crippen LogP contribution in [0.4, 0.5) is 0 Å². The first-order valence-electron chi connectivity index (χ1n) is 9.43. The maximum atomic E-state index is 12.4. The van der Waals surface area contributed by atoms with E-state index in [0.29, 0.717) is 24.3 Å². The molecule has 1 saturated carbocycles. The third-order valence-electron chi connectivity index (χ3n) is 5.75. The van der Waals surface area contributed by atoms with E-state index < -0.39 is 0 Å². The van der Waals surface area contributed by atoms with Crippen LogP contribution in [0.15, 0.2) is 30.3 Å². The predicted octanol–water partition coefficient (Wildman–Crippen LogP) is 3.37. The summed E-state index contributed by atoms with van der Waals surface area (Å²) in [5.41, 5.74) is 7.46. The zero-order valence-corrected chi connectivity index (χ0v) is 17.2. The van der Waals surface area contributed by atoms with Crippen LogP contribution in [0.1, 0.15) is 44.6 Å². The van der Waals surface area contributed by atoms with E-state index in [1.54, 1.807) is 0 Å². The highest BCUT2D eigenvalue weighted by Gasteiger charge is 2.30. The van der Waals surface area contributed by atoms with Crippen LogP contribution in [-0.2, 0) is 11.3 Å². The van der Waals surface area contributed by atoms with Crippen LogP contribution in [0, 0.1) is 11.8 Å². The van der Waals surface area contributed by atoms with Crippen molar-refractivity contribution in [3.63, 3.8) is 0 Å². The van der Waals surface area contributed by atoms with Gasteiger partial charge in [0.1, 0.15) is 0 Å². The van der Waals surface area contributed by atoms with E-state index in [1.807, 2.05) is 0 Å². The molecule has 1 aromatic rings. The van der Waals surface area contributed by atoms with E-state index in [2.05, 4.69) is 47.5 Å². The average molecular weight is 402 g/mol. The van der Waals surface area contributed by atoms with Crippen molar-refractivity contribution in [2.45, 2.75) is 57.7 Å². The summed E-state index contributed by atoms with van der Waals surface area (Å²) in [6.45, 7) is 5.35. The van der Waals surface area contributed by atoms with Crippen LogP contribution in [0.2, 0.25) is 0 Å². The van der Waals surface area contributed by atoms with Crippen molar-refractivity contribution in [1.82, 2.24) is 10.2 Å². The summed E-state index contributed by atoms with van der Waals surface area (Å²) in [5.74, 6) is 1.08. The highest BCUT2D eigenvalue weighted by atomic mass is 35.5. The zero-order chi connectivity index (χ0) is 16.9. The number of benzene rings is 1. The van der Waals surface area contributed by atoms with Gasteiger partial charge in [0.25, 0.3) is 0 Å². The Bertz CT molecular complexity index is 543. The molecule has 1 aromatic carbocycles. The fraction of sp³-hybridized carbons (Fsp3) is 0.650. The third kappa shape index (κ3) is 6.41. The largest absolute Gasteiger partial charge is 0.353 e. The molecule has 1 aliphatic heterocycles. The van der Waals surface area contributed by atoms with Crippen molar-refractivity contribution in [2.24, 2.45) is 17.6 Å². The molecule has 0 aromatic heterocycles. The topological polar surface area (TPSA) is 58.4 Å². The number of likely N-dealkylation sites (tertiary alicyclic amines) is 1. The van der Waals surface area contributed by atoms with Crippen molar-refractivity contribution in [3.05, 3.63) is 35.9 Å². The van der Waals surface area contributed by atoms with E-state index in [9.17, 15) is 4.79 Å². The molecule has 3 rings (SSSR count). The number of nitrogens with zero attached hydrogens (tertiary/aromatic N) is 1. The molecule has 1 saturated heterocycles. The molecule has 0 spiro atoms. The molecule has 26 heavy (non-hydrogen) atoms. The SMILES string of the molecule is CC1CN(Cc2ccccc2)CCC1NC(=O)C[C@@H]1CCC[C@H]1N.Cl.Cl. The maximum Gasteiger partial charge on any atom is 0.220 e. The predicted molar refractivity (Wildman–Crippen MR) is 112 cm³/mol. The number of carbonyl (C=O) groups excluding carboxylic acids is 1. The Morgan fingerprint density at radius 3 is 2.54 bits per heavy atom. The minimum absolute atomic E-state index is 0. The molecule has 4 atom stereocenters. The van der Waals surface area contributed by atoms with Gasteiger partial charge in [-0.05, 0) is 36.7 Å². The second-order valence-electron chi connectivity index (χ2n) is 7.72. The number of hydrogen-bond donors (Lipinski definition) is 2. The lowest BCUT2D eigenvalue weighted by molar-refractivity contribution is -0.123. The second-order valence-corrected chi connectivity index (χ2v) is 7.72. The van der Waals surface area contributed by atoms with Crippen LogP contribution in [0.25, 0.3) is 0 Å². The second kappa shape index (κ2) is 11.1. The minimum atomic E-state index is 0. The zero-order valence-electron chi connectivity index (χ0n) is 15.6. The van der Waals surface area contributed by atoms with Gasteiger partial charge >= 0.3 is 0 Å². The maximum absolute atomic E-state index is 12.4. The third-order valence-corrected chi connectivity index (χ3v) is 5.75. The molecule has 148 valence electrons. The van der Waals surface area contributed by atoms with Gasteiger partial charge in [0, 0.05) is 38.1 Å². The molecule has 0 radical (unpaired) electrons. The van der Waals surface area contributed by atoms with Crippen molar-refractivity contribution in [1.29, 1.82) is 0 Å². The number of rotatable bonds is 5. The van der Waals surface area contributed by atoms with Gasteiger partial charge in [-0.15, -0.1) is 24.8 Å². The van der Waals surface area contributed by atoms with Gasteiger partial charge in [-0.3, -0.25) is 9.69 Å². The van der Waals surface area contributed by atoms with Gasteiger partial charge in [0.05, 0.1) is 0 Å². The highest BCUT2D eigenvalue weighted by molar-refractivity contribution is 5.85. The molecule has 2 unspecified atom stereocenters. The number of carbonyl (C=O) groups is 1. The Kier molecular flexibility index (Phi) is 9.94. The fourth-order valence-electron chi connectivity index (χ4n) is 4.25. The van der Waals surface area contributed by atoms with Gasteiger partial charge in [-0.1, -0.05) is 43.7 Å². The van der Waals surface area contributed by atoms with Crippen molar-refractivity contribution in [3.8, 4) is 0 Å². The van der Waals surface area contributed by atoms with Gasteiger partial charge < -0.3 is 11.1 Å². The Labute approximate surface area is 170 Å². The van der Waals surface area contributed by atoms with E-state index in [4.69, 9.17) is 5.73 Å². The molecule has 2 fully saturated rings. The summed E-state index contributed by atoms with van der Waals surface area (Å²) >= 11 is 0. The monoisotopic (exact) mass is 401 g/mol. The minimum Gasteiger partial charge on any atom is -0.353 e. The molecule has 1 amide bonds. The molecular formula is C20H33Cl2N3O. The lowest BCUT2D eigenvalue weighted by Crippen LogP contribution is -2.50. The van der Waals surface area contributed by atoms with E-state index >= 15 is 0 Å². The van der Waals surface area contributed by atoms with Crippen LogP contribution in [0.3, 0.4) is 0 Å². The highest BCUT2D eigenvalue weighted by Crippen LogP contribution is 2.27. The number of nitrogens with two attached hydrogens (primary N) is 1. The van der Waals surface area contributed by atoms with E-state index in [1.165, 1.54) is 12.0 Å². The quantitative estimate of drug-likeness (QED) is 0.794. The summed E-state index contributed by atoms with van der Waals surface area (Å²) in [5, 5.41) is 3.28. The smallest absolute Gasteiger partial charge is 0.220 e. The first-order valence-corrected chi connectivity index (χ1v) is 9.43. The Hall–Kier alpha value is -0.810. The number of piperidine rings is 1. The lowest BCUT2D eigenvalue weighted by Gasteiger charge is -2.37. The molecule has 1 heterocycles. The summed E-state index contributed by atoms with van der Waals surface area (Å²) < 4.78 is 0. The van der Waals surface area contributed by atoms with Gasteiger partial charge in [0.2, 0.25) is 5.91 Å². The Morgan fingerprint density at radius 1 is 1.19 bits per heavy atom. The van der Waals surface area contributed by atoms with Crippen LogP contribution < -0.4 is 11.1 Å². The number of amides is 1. The van der Waals surface area contributed by atoms with Crippen molar-refractivity contribution >= 4 is 30.7 Å². The Balaban J connectivity index is 0.00000169. The summed E-state index contributed by atoms with van der Waals surface area (Å²) in [4.78, 5) is 14.8. The molecule has 3 N–H and O–H groups in total. The molecule has 2 aliphatic rings. The summed E-state index contributed by atoms with van der Waals surface area (Å²) in [7, 11) is 0. The summed E-state index contributed by atoms with van der Waals surface area (Å²) in [6, 6.07) is 11.2. The lowest BCUT2D eigenvalue weighted by atomic mass is 9.92. The Morgan fingerprint density at radius 2 is 1.92 bits per heavy atom. The molecule has 4 nitrogen and oxygen atoms in total. The molecule has 0 bridgehead atoms. The van der Waals surface area contributed by atoms with Crippen LogP contribution in [-0.4, -0.2) is 36.0 Å². The van der Waals surface area contributed by atoms with Crippen LogP contribution in [0.5, 0.6) is 0 Å². The first-order chi connectivity index (χ1) is 11.6. The number of halogens is 2. The summed E-state index contributed by atoms with van der Waals surface area (Å²) in [6.07, 6.45) is 5.01. The van der Waals surface area contributed by atoms with E-state index in [0.717, 1.165) is 38.9 Å². The van der Waals surface area contributed by atoms with Crippen molar-refractivity contribution in [2.75, 3.05) is 13.1 Å². The molecule has 6 heteroatoms. The standard InChI is InChI=1S/C20H31N3O.2ClH/c1-15-13-23(14-16-6-3-2-4-7-16)11-10-19(15)22-20(24)12-17-8-5-9-18(17)21;;/h2-4,6-7,15,17-19H,5,8-14,21H2,1H3,(H,22,24);2*1H/t15?,17-,18+,19?;;/m0../s1. The molecule has 1 aliphatic carbocycles. The van der Waals surface area contributed by atoms with Gasteiger partial charge in [-0.2, -0.15) is 0 Å².